The van der Waals surface area contributed by atoms with Crippen molar-refractivity contribution in [2.75, 3.05) is 19.8 Å². The molecule has 0 rings (SSSR count). The smallest absolute Gasteiger partial charge is 0.472 e. The highest BCUT2D eigenvalue weighted by molar-refractivity contribution is 7.47. The van der Waals surface area contributed by atoms with E-state index < -0.39 is 63.5 Å². The van der Waals surface area contributed by atoms with Crippen LogP contribution in [0, 0.1) is 0 Å². The largest absolute Gasteiger partial charge is 0.480 e. The zero-order valence-corrected chi connectivity index (χ0v) is 27.4. The number of phosphoric acid groups is 1. The van der Waals surface area contributed by atoms with E-state index in [9.17, 15) is 33.4 Å². The first kappa shape index (κ1) is 42.3. The van der Waals surface area contributed by atoms with Crippen molar-refractivity contribution in [3.63, 3.8) is 0 Å². The number of hydrogen-bond donors (Lipinski definition) is 3. The fourth-order valence-electron chi connectivity index (χ4n) is 3.87. The average molecular weight is 662 g/mol. The number of phosphoric ester groups is 1. The summed E-state index contributed by atoms with van der Waals surface area (Å²) in [5.41, 5.74) is 5.24. The lowest BCUT2D eigenvalue weighted by Crippen LogP contribution is -2.34. The van der Waals surface area contributed by atoms with Crippen LogP contribution in [0.4, 0.5) is 0 Å². The Labute approximate surface area is 266 Å². The van der Waals surface area contributed by atoms with Crippen LogP contribution in [-0.4, -0.2) is 71.9 Å². The zero-order valence-electron chi connectivity index (χ0n) is 26.5. The second-order valence-corrected chi connectivity index (χ2v) is 12.0. The van der Waals surface area contributed by atoms with Crippen molar-refractivity contribution in [3.8, 4) is 0 Å². The molecule has 0 spiro atoms. The van der Waals surface area contributed by atoms with Gasteiger partial charge in [-0.05, 0) is 44.3 Å². The van der Waals surface area contributed by atoms with Crippen molar-refractivity contribution in [3.05, 3.63) is 24.3 Å². The lowest BCUT2D eigenvalue weighted by Gasteiger charge is -2.20. The summed E-state index contributed by atoms with van der Waals surface area (Å²) in [7, 11) is -4.80. The first-order chi connectivity index (χ1) is 21.5. The molecule has 0 aromatic rings. The molecule has 0 aromatic carbocycles. The van der Waals surface area contributed by atoms with Crippen molar-refractivity contribution in [2.45, 2.75) is 122 Å². The summed E-state index contributed by atoms with van der Waals surface area (Å²) >= 11 is 0. The number of unbranched alkanes of at least 4 members (excludes halogenated alkanes) is 11. The van der Waals surface area contributed by atoms with Crippen LogP contribution in [0.5, 0.6) is 0 Å². The van der Waals surface area contributed by atoms with Gasteiger partial charge in [-0.3, -0.25) is 33.0 Å². The summed E-state index contributed by atoms with van der Waals surface area (Å²) in [6.07, 6.45) is 19.6. The highest BCUT2D eigenvalue weighted by atomic mass is 31.2. The van der Waals surface area contributed by atoms with E-state index in [-0.39, 0.29) is 19.3 Å². The SMILES string of the molecule is CCCCCCCC/C=C\CCCCCCCC(=O)OC[C@H](COP(=O)(O)OC[C@H](N)C(=O)O)OC(=O)CCC(=O)/C=C/C=O. The second-order valence-electron chi connectivity index (χ2n) is 10.6. The Balaban J connectivity index is 4.47. The van der Waals surface area contributed by atoms with Crippen LogP contribution in [0.3, 0.4) is 0 Å². The molecule has 3 atom stereocenters. The van der Waals surface area contributed by atoms with Crippen molar-refractivity contribution in [1.29, 1.82) is 0 Å². The Morgan fingerprint density at radius 1 is 0.778 bits per heavy atom. The fraction of sp³-hybridized carbons (Fsp3) is 0.710. The fourth-order valence-corrected chi connectivity index (χ4v) is 4.65. The maximum absolute atomic E-state index is 12.2. The molecule has 45 heavy (non-hydrogen) atoms. The van der Waals surface area contributed by atoms with E-state index in [0.29, 0.717) is 12.7 Å². The third-order valence-electron chi connectivity index (χ3n) is 6.47. The minimum atomic E-state index is -4.80. The van der Waals surface area contributed by atoms with Gasteiger partial charge in [0.2, 0.25) is 0 Å². The molecule has 0 bridgehead atoms. The predicted octanol–water partition coefficient (Wildman–Crippen LogP) is 5.13. The molecule has 0 amide bonds. The number of hydrogen-bond acceptors (Lipinski definition) is 11. The third-order valence-corrected chi connectivity index (χ3v) is 7.42. The molecule has 0 aliphatic heterocycles. The average Bonchev–Trinajstić information content (AvgIpc) is 3.00. The Bertz CT molecular complexity index is 968. The van der Waals surface area contributed by atoms with Gasteiger partial charge in [0.05, 0.1) is 19.6 Å². The molecule has 1 unspecified atom stereocenters. The number of esters is 2. The van der Waals surface area contributed by atoms with Crippen LogP contribution >= 0.6 is 7.82 Å². The van der Waals surface area contributed by atoms with E-state index in [1.165, 1.54) is 38.5 Å². The number of aldehydes is 1. The molecule has 0 aliphatic carbocycles. The number of rotatable bonds is 30. The van der Waals surface area contributed by atoms with E-state index in [2.05, 4.69) is 23.6 Å². The second kappa shape index (κ2) is 27.6. The van der Waals surface area contributed by atoms with Crippen molar-refractivity contribution in [1.82, 2.24) is 0 Å². The Hall–Kier alpha value is -2.70. The van der Waals surface area contributed by atoms with Gasteiger partial charge < -0.3 is 25.2 Å². The predicted molar refractivity (Wildman–Crippen MR) is 167 cm³/mol. The van der Waals surface area contributed by atoms with E-state index in [0.717, 1.165) is 50.7 Å². The highest BCUT2D eigenvalue weighted by Gasteiger charge is 2.28. The third kappa shape index (κ3) is 27.3. The Morgan fingerprint density at radius 3 is 1.96 bits per heavy atom. The number of carbonyl (C=O) groups excluding carboxylic acids is 4. The van der Waals surface area contributed by atoms with Crippen molar-refractivity contribution >= 4 is 37.8 Å². The lowest BCUT2D eigenvalue weighted by atomic mass is 10.1. The van der Waals surface area contributed by atoms with Crippen LogP contribution < -0.4 is 5.73 Å². The molecule has 0 aliphatic rings. The first-order valence-corrected chi connectivity index (χ1v) is 17.2. The number of nitrogens with two attached hydrogens (primary N) is 1. The van der Waals surface area contributed by atoms with Gasteiger partial charge >= 0.3 is 25.7 Å². The van der Waals surface area contributed by atoms with Crippen LogP contribution in [0.25, 0.3) is 0 Å². The van der Waals surface area contributed by atoms with E-state index in [1.54, 1.807) is 0 Å². The maximum atomic E-state index is 12.2. The van der Waals surface area contributed by atoms with Crippen molar-refractivity contribution < 1.29 is 57.1 Å². The number of carboxylic acids is 1. The lowest BCUT2D eigenvalue weighted by molar-refractivity contribution is -0.161. The normalized spacial score (nSPS) is 14.2. The number of ether oxygens (including phenoxy) is 2. The number of carboxylic acid groups (broad SMARTS) is 1. The van der Waals surface area contributed by atoms with Gasteiger partial charge in [-0.15, -0.1) is 0 Å². The molecule has 13 nitrogen and oxygen atoms in total. The summed E-state index contributed by atoms with van der Waals surface area (Å²) in [4.78, 5) is 67.0. The number of allylic oxidation sites excluding steroid dienone is 4. The van der Waals surface area contributed by atoms with Gasteiger partial charge in [0, 0.05) is 12.8 Å². The number of aliphatic carboxylic acids is 1. The summed E-state index contributed by atoms with van der Waals surface area (Å²) in [5, 5.41) is 8.77. The van der Waals surface area contributed by atoms with Crippen molar-refractivity contribution in [2.24, 2.45) is 5.73 Å². The number of carbonyl (C=O) groups is 5. The van der Waals surface area contributed by atoms with Crippen LogP contribution in [0.15, 0.2) is 24.3 Å². The molecule has 258 valence electrons. The van der Waals surface area contributed by atoms with E-state index in [4.69, 9.17) is 24.8 Å². The molecule has 0 aromatic heterocycles. The first-order valence-electron chi connectivity index (χ1n) is 15.8. The van der Waals surface area contributed by atoms with Gasteiger partial charge in [0.25, 0.3) is 0 Å². The molecule has 0 radical (unpaired) electrons. The van der Waals surface area contributed by atoms with Gasteiger partial charge in [0.15, 0.2) is 11.9 Å². The number of ketones is 1. The van der Waals surface area contributed by atoms with Crippen LogP contribution in [-0.2, 0) is 47.1 Å². The molecule has 0 heterocycles. The summed E-state index contributed by atoms with van der Waals surface area (Å²) < 4.78 is 31.7. The molecule has 4 N–H and O–H groups in total. The van der Waals surface area contributed by atoms with Gasteiger partial charge in [0.1, 0.15) is 18.9 Å². The van der Waals surface area contributed by atoms with E-state index in [1.807, 2.05) is 0 Å². The monoisotopic (exact) mass is 661 g/mol. The summed E-state index contributed by atoms with van der Waals surface area (Å²) in [5.74, 6) is -3.40. The Kier molecular flexibility index (Phi) is 25.9. The topological polar surface area (TPSA) is 206 Å². The molecule has 0 saturated heterocycles. The standard InChI is InChI=1S/C31H52NO12P/c1-2-3-4-5-6-7-8-9-10-11-12-13-14-15-16-19-29(35)41-23-27(44-30(36)21-20-26(34)18-17-22-33)24-42-45(39,40)43-25-28(32)31(37)38/h9-10,17-18,22,27-28H,2-8,11-16,19-21,23-25,32H2,1H3,(H,37,38)(H,39,40)/b10-9-,18-17+/t27-,28+/m1/s1. The maximum Gasteiger partial charge on any atom is 0.472 e. The highest BCUT2D eigenvalue weighted by Crippen LogP contribution is 2.43. The van der Waals surface area contributed by atoms with Crippen LogP contribution in [0.2, 0.25) is 0 Å². The van der Waals surface area contributed by atoms with Crippen LogP contribution in [0.1, 0.15) is 110 Å². The minimum absolute atomic E-state index is 0.131. The summed E-state index contributed by atoms with van der Waals surface area (Å²) in [6, 6.07) is -1.58. The molecular formula is C31H52NO12P. The molecule has 0 saturated carbocycles. The zero-order chi connectivity index (χ0) is 33.8. The minimum Gasteiger partial charge on any atom is -0.480 e. The van der Waals surface area contributed by atoms with Gasteiger partial charge in [-0.1, -0.05) is 70.4 Å². The van der Waals surface area contributed by atoms with Gasteiger partial charge in [-0.25, -0.2) is 4.57 Å². The molecule has 0 fully saturated rings. The Morgan fingerprint density at radius 2 is 1.36 bits per heavy atom. The quantitative estimate of drug-likeness (QED) is 0.0228. The molecular weight excluding hydrogens is 609 g/mol. The molecule has 14 heteroatoms. The summed E-state index contributed by atoms with van der Waals surface area (Å²) in [6.45, 7) is 0.164. The van der Waals surface area contributed by atoms with Gasteiger partial charge in [-0.2, -0.15) is 0 Å². The van der Waals surface area contributed by atoms with E-state index >= 15 is 0 Å².